The third-order valence-electron chi connectivity index (χ3n) is 3.96. The summed E-state index contributed by atoms with van der Waals surface area (Å²) < 4.78 is 0. The van der Waals surface area contributed by atoms with E-state index in [0.717, 1.165) is 5.33 Å². The lowest BCUT2D eigenvalue weighted by Gasteiger charge is -2.40. The fraction of sp³-hybridized carbons (Fsp3) is 0.375. The Morgan fingerprint density at radius 2 is 1.83 bits per heavy atom. The minimum absolute atomic E-state index is 0.566. The number of alkyl halides is 1. The van der Waals surface area contributed by atoms with Crippen molar-refractivity contribution in [3.8, 4) is 0 Å². The van der Waals surface area contributed by atoms with Crippen molar-refractivity contribution in [2.45, 2.75) is 24.2 Å². The fourth-order valence-corrected chi connectivity index (χ4v) is 4.75. The number of halogens is 1. The van der Waals surface area contributed by atoms with E-state index in [1.807, 2.05) is 11.8 Å². The van der Waals surface area contributed by atoms with Crippen molar-refractivity contribution >= 4 is 38.5 Å². The second kappa shape index (κ2) is 5.26. The maximum atomic E-state index is 3.68. The van der Waals surface area contributed by atoms with Gasteiger partial charge in [0.2, 0.25) is 0 Å². The summed E-state index contributed by atoms with van der Waals surface area (Å²) in [4.78, 5) is 1.40. The van der Waals surface area contributed by atoms with Crippen LogP contribution in [0.25, 0.3) is 10.8 Å². The van der Waals surface area contributed by atoms with E-state index in [2.05, 4.69) is 58.4 Å². The summed E-state index contributed by atoms with van der Waals surface area (Å²) in [6.07, 6.45) is 4.18. The topological polar surface area (TPSA) is 0 Å². The summed E-state index contributed by atoms with van der Waals surface area (Å²) >= 11 is 5.70. The average molecular weight is 321 g/mol. The third-order valence-corrected chi connectivity index (χ3v) is 6.50. The van der Waals surface area contributed by atoms with Gasteiger partial charge in [-0.2, -0.15) is 0 Å². The zero-order valence-corrected chi connectivity index (χ0v) is 12.8. The Labute approximate surface area is 121 Å². The van der Waals surface area contributed by atoms with E-state index in [0.29, 0.717) is 5.41 Å². The van der Waals surface area contributed by atoms with Gasteiger partial charge < -0.3 is 0 Å². The van der Waals surface area contributed by atoms with E-state index in [1.165, 1.54) is 40.7 Å². The molecule has 0 aromatic heterocycles. The Kier molecular flexibility index (Phi) is 3.67. The summed E-state index contributed by atoms with van der Waals surface area (Å²) in [7, 11) is 0. The maximum absolute atomic E-state index is 3.68. The molecule has 0 heterocycles. The van der Waals surface area contributed by atoms with E-state index in [1.54, 1.807) is 0 Å². The molecule has 0 nitrogen and oxygen atoms in total. The molecule has 18 heavy (non-hydrogen) atoms. The lowest BCUT2D eigenvalue weighted by Crippen LogP contribution is -2.33. The Balaban J connectivity index is 1.74. The molecule has 0 bridgehead atoms. The van der Waals surface area contributed by atoms with E-state index in [9.17, 15) is 0 Å². The van der Waals surface area contributed by atoms with Crippen LogP contribution >= 0.6 is 27.7 Å². The second-order valence-corrected chi connectivity index (χ2v) is 6.89. The summed E-state index contributed by atoms with van der Waals surface area (Å²) in [5, 5.41) is 3.84. The molecule has 1 aliphatic rings. The Morgan fingerprint density at radius 1 is 1.06 bits per heavy atom. The summed E-state index contributed by atoms with van der Waals surface area (Å²) in [6, 6.07) is 15.4. The lowest BCUT2D eigenvalue weighted by molar-refractivity contribution is 0.206. The Morgan fingerprint density at radius 3 is 2.50 bits per heavy atom. The molecule has 0 radical (unpaired) electrons. The van der Waals surface area contributed by atoms with Gasteiger partial charge in [-0.05, 0) is 41.2 Å². The van der Waals surface area contributed by atoms with Crippen molar-refractivity contribution in [3.05, 3.63) is 42.5 Å². The lowest BCUT2D eigenvalue weighted by atomic mass is 9.72. The van der Waals surface area contributed by atoms with Gasteiger partial charge in [-0.3, -0.25) is 0 Å². The molecular weight excluding hydrogens is 304 g/mol. The number of thioether (sulfide) groups is 1. The number of rotatable bonds is 4. The molecule has 0 amide bonds. The van der Waals surface area contributed by atoms with Crippen LogP contribution in [-0.4, -0.2) is 11.1 Å². The van der Waals surface area contributed by atoms with Crippen molar-refractivity contribution in [2.24, 2.45) is 5.41 Å². The molecule has 0 saturated heterocycles. The van der Waals surface area contributed by atoms with Crippen LogP contribution in [0.5, 0.6) is 0 Å². The molecule has 2 heteroatoms. The third kappa shape index (κ3) is 2.46. The van der Waals surface area contributed by atoms with Crippen molar-refractivity contribution in [1.29, 1.82) is 0 Å². The predicted molar refractivity (Wildman–Crippen MR) is 84.8 cm³/mol. The van der Waals surface area contributed by atoms with E-state index >= 15 is 0 Å². The van der Waals surface area contributed by atoms with Crippen molar-refractivity contribution in [2.75, 3.05) is 11.1 Å². The van der Waals surface area contributed by atoms with Crippen LogP contribution < -0.4 is 0 Å². The van der Waals surface area contributed by atoms with E-state index < -0.39 is 0 Å². The largest absolute Gasteiger partial charge is 0.126 e. The van der Waals surface area contributed by atoms with E-state index in [4.69, 9.17) is 0 Å². The van der Waals surface area contributed by atoms with Crippen LogP contribution in [0.1, 0.15) is 19.3 Å². The van der Waals surface area contributed by atoms with Gasteiger partial charge in [0.05, 0.1) is 0 Å². The molecule has 1 aliphatic carbocycles. The van der Waals surface area contributed by atoms with Crippen LogP contribution in [0.15, 0.2) is 47.4 Å². The first kappa shape index (κ1) is 12.6. The minimum Gasteiger partial charge on any atom is -0.126 e. The van der Waals surface area contributed by atoms with Crippen LogP contribution in [-0.2, 0) is 0 Å². The quantitative estimate of drug-likeness (QED) is 0.529. The molecule has 0 spiro atoms. The molecular formula is C16H17BrS. The van der Waals surface area contributed by atoms with Gasteiger partial charge in [0.25, 0.3) is 0 Å². The number of hydrogen-bond donors (Lipinski definition) is 0. The molecule has 2 aromatic carbocycles. The van der Waals surface area contributed by atoms with Crippen molar-refractivity contribution < 1.29 is 0 Å². The highest BCUT2D eigenvalue weighted by Gasteiger charge is 2.35. The van der Waals surface area contributed by atoms with E-state index in [-0.39, 0.29) is 0 Å². The first-order valence-electron chi connectivity index (χ1n) is 6.49. The van der Waals surface area contributed by atoms with Gasteiger partial charge in [-0.25, -0.2) is 0 Å². The van der Waals surface area contributed by atoms with Crippen molar-refractivity contribution in [1.82, 2.24) is 0 Å². The number of hydrogen-bond acceptors (Lipinski definition) is 1. The van der Waals surface area contributed by atoms with Gasteiger partial charge in [0.15, 0.2) is 0 Å². The van der Waals surface area contributed by atoms with Gasteiger partial charge in [-0.15, -0.1) is 11.8 Å². The zero-order chi connectivity index (χ0) is 12.4. The molecule has 3 rings (SSSR count). The Bertz CT molecular complexity index is 540. The first-order valence-corrected chi connectivity index (χ1v) is 8.60. The monoisotopic (exact) mass is 320 g/mol. The van der Waals surface area contributed by atoms with Crippen LogP contribution in [0.4, 0.5) is 0 Å². The predicted octanol–water partition coefficient (Wildman–Crippen LogP) is 5.50. The number of fused-ring (bicyclic) bond motifs is 1. The SMILES string of the molecule is BrCC1(CSc2ccc3ccccc3c2)CCC1. The number of benzene rings is 2. The molecule has 0 unspecified atom stereocenters. The normalized spacial score (nSPS) is 17.6. The van der Waals surface area contributed by atoms with Crippen LogP contribution in [0.3, 0.4) is 0 Å². The Hall–Kier alpha value is -0.470. The standard InChI is InChI=1S/C16H17BrS/c17-11-16(8-3-9-16)12-18-15-7-6-13-4-1-2-5-14(13)10-15/h1-2,4-7,10H,3,8-9,11-12H2. The second-order valence-electron chi connectivity index (χ2n) is 5.28. The molecule has 1 saturated carbocycles. The summed E-state index contributed by atoms with van der Waals surface area (Å²) in [5.74, 6) is 1.25. The highest BCUT2D eigenvalue weighted by molar-refractivity contribution is 9.09. The average Bonchev–Trinajstić information content (AvgIpc) is 2.38. The molecule has 0 N–H and O–H groups in total. The maximum Gasteiger partial charge on any atom is 0.00959 e. The molecule has 2 aromatic rings. The molecule has 94 valence electrons. The molecule has 1 fully saturated rings. The van der Waals surface area contributed by atoms with Gasteiger partial charge in [-0.1, -0.05) is 52.7 Å². The molecule has 0 aliphatic heterocycles. The van der Waals surface area contributed by atoms with Gasteiger partial charge in [0.1, 0.15) is 0 Å². The fourth-order valence-electron chi connectivity index (χ4n) is 2.49. The van der Waals surface area contributed by atoms with Crippen molar-refractivity contribution in [3.63, 3.8) is 0 Å². The first-order chi connectivity index (χ1) is 8.81. The van der Waals surface area contributed by atoms with Gasteiger partial charge >= 0.3 is 0 Å². The molecule has 0 atom stereocenters. The summed E-state index contributed by atoms with van der Waals surface area (Å²) in [6.45, 7) is 0. The highest BCUT2D eigenvalue weighted by atomic mass is 79.9. The highest BCUT2D eigenvalue weighted by Crippen LogP contribution is 2.46. The smallest absolute Gasteiger partial charge is 0.00959 e. The van der Waals surface area contributed by atoms with Crippen LogP contribution in [0.2, 0.25) is 0 Å². The minimum atomic E-state index is 0.566. The zero-order valence-electron chi connectivity index (χ0n) is 10.4. The van der Waals surface area contributed by atoms with Crippen LogP contribution in [0, 0.1) is 5.41 Å². The summed E-state index contributed by atoms with van der Waals surface area (Å²) in [5.41, 5.74) is 0.566. The van der Waals surface area contributed by atoms with Gasteiger partial charge in [0, 0.05) is 16.0 Å².